The highest BCUT2D eigenvalue weighted by Crippen LogP contribution is 2.24. The molecule has 0 saturated carbocycles. The molecule has 0 radical (unpaired) electrons. The van der Waals surface area contributed by atoms with Gasteiger partial charge in [-0.05, 0) is 43.0 Å². The Morgan fingerprint density at radius 2 is 1.48 bits per heavy atom. The number of esters is 1. The van der Waals surface area contributed by atoms with Crippen molar-refractivity contribution in [2.45, 2.75) is 46.1 Å². The lowest BCUT2D eigenvalue weighted by atomic mass is 10.0. The third kappa shape index (κ3) is 4.66. The first-order chi connectivity index (χ1) is 14.9. The maximum Gasteiger partial charge on any atom is 0.308 e. The van der Waals surface area contributed by atoms with Gasteiger partial charge in [0.05, 0.1) is 17.5 Å². The molecule has 0 spiro atoms. The van der Waals surface area contributed by atoms with Crippen LogP contribution < -0.4 is 5.32 Å². The number of hydrogen-bond acceptors (Lipinski definition) is 5. The first kappa shape index (κ1) is 22.2. The molecule has 3 amide bonds. The van der Waals surface area contributed by atoms with E-state index < -0.39 is 29.8 Å². The Labute approximate surface area is 181 Å². The number of para-hydroxylation sites is 1. The zero-order chi connectivity index (χ0) is 22.5. The summed E-state index contributed by atoms with van der Waals surface area (Å²) in [5, 5.41) is 2.87. The molecule has 1 aliphatic rings. The molecule has 1 N–H and O–H groups in total. The summed E-state index contributed by atoms with van der Waals surface area (Å²) in [7, 11) is 0. The lowest BCUT2D eigenvalue weighted by Crippen LogP contribution is -2.34. The first-order valence-electron chi connectivity index (χ1n) is 10.4. The van der Waals surface area contributed by atoms with Crippen LogP contribution in [0.25, 0.3) is 0 Å². The van der Waals surface area contributed by atoms with E-state index in [0.29, 0.717) is 11.1 Å². The van der Waals surface area contributed by atoms with Gasteiger partial charge in [-0.3, -0.25) is 24.1 Å². The van der Waals surface area contributed by atoms with E-state index in [1.807, 2.05) is 32.0 Å². The number of aryl methyl sites for hydroxylation is 2. The number of nitrogens with zero attached hydrogens (tertiary/aromatic N) is 1. The second-order valence-corrected chi connectivity index (χ2v) is 7.34. The zero-order valence-corrected chi connectivity index (χ0v) is 17.9. The van der Waals surface area contributed by atoms with Crippen LogP contribution in [0.1, 0.15) is 59.0 Å². The SMILES string of the molecule is CCc1cccc(CC)c1NC(=O)[C@H](C)OC(=O)CCN1C(=O)c2ccccc2C1=O. The summed E-state index contributed by atoms with van der Waals surface area (Å²) in [5.74, 6) is -1.94. The van der Waals surface area contributed by atoms with Crippen LogP contribution in [0.15, 0.2) is 42.5 Å². The Hall–Kier alpha value is -3.48. The highest BCUT2D eigenvalue weighted by Gasteiger charge is 2.35. The van der Waals surface area contributed by atoms with Gasteiger partial charge in [0.1, 0.15) is 0 Å². The molecule has 1 heterocycles. The molecular formula is C24H26N2O5. The average Bonchev–Trinajstić information content (AvgIpc) is 3.02. The van der Waals surface area contributed by atoms with Crippen LogP contribution in [0.3, 0.4) is 0 Å². The standard InChI is InChI=1S/C24H26N2O5/c1-4-16-9-8-10-17(5-2)21(16)25-22(28)15(3)31-20(27)13-14-26-23(29)18-11-6-7-12-19(18)24(26)30/h6-12,15H,4-5,13-14H2,1-3H3,(H,25,28)/t15-/m0/s1. The number of amides is 3. The van der Waals surface area contributed by atoms with Gasteiger partial charge in [-0.15, -0.1) is 0 Å². The normalized spacial score (nSPS) is 13.7. The molecule has 0 aromatic heterocycles. The number of anilines is 1. The monoisotopic (exact) mass is 422 g/mol. The molecule has 0 aliphatic carbocycles. The van der Waals surface area contributed by atoms with Crippen molar-refractivity contribution in [1.82, 2.24) is 4.90 Å². The van der Waals surface area contributed by atoms with Crippen LogP contribution in [-0.4, -0.2) is 41.2 Å². The molecule has 0 fully saturated rings. The summed E-state index contributed by atoms with van der Waals surface area (Å²) < 4.78 is 5.24. The number of rotatable bonds is 8. The summed E-state index contributed by atoms with van der Waals surface area (Å²) >= 11 is 0. The van der Waals surface area contributed by atoms with E-state index in [0.717, 1.165) is 34.6 Å². The van der Waals surface area contributed by atoms with Gasteiger partial charge in [-0.1, -0.05) is 44.2 Å². The number of fused-ring (bicyclic) bond motifs is 1. The Kier molecular flexibility index (Phi) is 6.84. The van der Waals surface area contributed by atoms with Gasteiger partial charge in [-0.2, -0.15) is 0 Å². The number of nitrogens with one attached hydrogen (secondary N) is 1. The second kappa shape index (κ2) is 9.55. The highest BCUT2D eigenvalue weighted by atomic mass is 16.5. The minimum Gasteiger partial charge on any atom is -0.452 e. The topological polar surface area (TPSA) is 92.8 Å². The molecule has 1 atom stereocenters. The number of benzene rings is 2. The largest absolute Gasteiger partial charge is 0.452 e. The molecule has 7 nitrogen and oxygen atoms in total. The Bertz CT molecular complexity index is 973. The first-order valence-corrected chi connectivity index (χ1v) is 10.4. The maximum atomic E-state index is 12.6. The van der Waals surface area contributed by atoms with Crippen LogP contribution in [-0.2, 0) is 27.2 Å². The molecule has 3 rings (SSSR count). The maximum absolute atomic E-state index is 12.6. The Morgan fingerprint density at radius 3 is 2.00 bits per heavy atom. The lowest BCUT2D eigenvalue weighted by Gasteiger charge is -2.18. The lowest BCUT2D eigenvalue weighted by molar-refractivity contribution is -0.153. The molecule has 0 bridgehead atoms. The molecular weight excluding hydrogens is 396 g/mol. The van der Waals surface area contributed by atoms with Crippen molar-refractivity contribution in [3.05, 3.63) is 64.7 Å². The third-order valence-corrected chi connectivity index (χ3v) is 5.34. The molecule has 0 unspecified atom stereocenters. The van der Waals surface area contributed by atoms with Crippen LogP contribution in [0.5, 0.6) is 0 Å². The summed E-state index contributed by atoms with van der Waals surface area (Å²) in [4.78, 5) is 50.6. The van der Waals surface area contributed by atoms with Crippen molar-refractivity contribution < 1.29 is 23.9 Å². The molecule has 31 heavy (non-hydrogen) atoms. The van der Waals surface area contributed by atoms with Crippen molar-refractivity contribution >= 4 is 29.4 Å². The van der Waals surface area contributed by atoms with Crippen LogP contribution in [0, 0.1) is 0 Å². The fraction of sp³-hybridized carbons (Fsp3) is 0.333. The fourth-order valence-electron chi connectivity index (χ4n) is 3.58. The number of imide groups is 1. The van der Waals surface area contributed by atoms with Gasteiger partial charge in [0, 0.05) is 12.2 Å². The molecule has 1 aliphatic heterocycles. The van der Waals surface area contributed by atoms with Crippen molar-refractivity contribution in [3.8, 4) is 0 Å². The van der Waals surface area contributed by atoms with Crippen LogP contribution >= 0.6 is 0 Å². The number of hydrogen-bond donors (Lipinski definition) is 1. The van der Waals surface area contributed by atoms with Crippen molar-refractivity contribution in [3.63, 3.8) is 0 Å². The molecule has 162 valence electrons. The smallest absolute Gasteiger partial charge is 0.308 e. The molecule has 2 aromatic rings. The van der Waals surface area contributed by atoms with E-state index in [-0.39, 0.29) is 13.0 Å². The van der Waals surface area contributed by atoms with E-state index in [4.69, 9.17) is 4.74 Å². The zero-order valence-electron chi connectivity index (χ0n) is 17.9. The van der Waals surface area contributed by atoms with Crippen molar-refractivity contribution in [2.75, 3.05) is 11.9 Å². The summed E-state index contributed by atoms with van der Waals surface area (Å²) in [5.41, 5.74) is 3.44. The summed E-state index contributed by atoms with van der Waals surface area (Å²) in [6.45, 7) is 5.41. The molecule has 7 heteroatoms. The molecule has 0 saturated heterocycles. The van der Waals surface area contributed by atoms with Gasteiger partial charge in [0.15, 0.2) is 6.10 Å². The average molecular weight is 422 g/mol. The molecule has 2 aromatic carbocycles. The second-order valence-electron chi connectivity index (χ2n) is 7.34. The van der Waals surface area contributed by atoms with E-state index in [2.05, 4.69) is 5.32 Å². The van der Waals surface area contributed by atoms with Crippen molar-refractivity contribution in [2.24, 2.45) is 0 Å². The quantitative estimate of drug-likeness (QED) is 0.520. The van der Waals surface area contributed by atoms with Crippen molar-refractivity contribution in [1.29, 1.82) is 0 Å². The fourth-order valence-corrected chi connectivity index (χ4v) is 3.58. The van der Waals surface area contributed by atoms with Gasteiger partial charge in [-0.25, -0.2) is 0 Å². The van der Waals surface area contributed by atoms with Gasteiger partial charge < -0.3 is 10.1 Å². The summed E-state index contributed by atoms with van der Waals surface area (Å²) in [6, 6.07) is 12.4. The minimum absolute atomic E-state index is 0.0990. The number of carbonyl (C=O) groups is 4. The highest BCUT2D eigenvalue weighted by molar-refractivity contribution is 6.21. The van der Waals surface area contributed by atoms with Gasteiger partial charge in [0.25, 0.3) is 17.7 Å². The van der Waals surface area contributed by atoms with Gasteiger partial charge in [0.2, 0.25) is 0 Å². The third-order valence-electron chi connectivity index (χ3n) is 5.34. The Balaban J connectivity index is 1.56. The predicted octanol–water partition coefficient (Wildman–Crippen LogP) is 3.37. The van der Waals surface area contributed by atoms with E-state index in [1.165, 1.54) is 6.92 Å². The van der Waals surface area contributed by atoms with E-state index >= 15 is 0 Å². The van der Waals surface area contributed by atoms with Crippen LogP contribution in [0.2, 0.25) is 0 Å². The summed E-state index contributed by atoms with van der Waals surface area (Å²) in [6.07, 6.45) is 0.328. The minimum atomic E-state index is -1.01. The van der Waals surface area contributed by atoms with E-state index in [9.17, 15) is 19.2 Å². The van der Waals surface area contributed by atoms with E-state index in [1.54, 1.807) is 24.3 Å². The Morgan fingerprint density at radius 1 is 0.935 bits per heavy atom. The number of ether oxygens (including phenoxy) is 1. The number of carbonyl (C=O) groups excluding carboxylic acids is 4. The predicted molar refractivity (Wildman–Crippen MR) is 116 cm³/mol. The van der Waals surface area contributed by atoms with Crippen LogP contribution in [0.4, 0.5) is 5.69 Å². The van der Waals surface area contributed by atoms with Gasteiger partial charge >= 0.3 is 5.97 Å².